The van der Waals surface area contributed by atoms with E-state index in [1.54, 1.807) is 0 Å². The molecule has 4 rings (SSSR count). The molecule has 0 aromatic rings. The molecule has 19 heavy (non-hydrogen) atoms. The largest absolute Gasteiger partial charge is 0.393 e. The van der Waals surface area contributed by atoms with Crippen LogP contribution < -0.4 is 0 Å². The summed E-state index contributed by atoms with van der Waals surface area (Å²) < 4.78 is 15.5. The number of epoxide rings is 2. The van der Waals surface area contributed by atoms with E-state index in [1.165, 1.54) is 0 Å². The second-order valence-corrected chi connectivity index (χ2v) is 6.26. The second-order valence-electron chi connectivity index (χ2n) is 6.26. The third-order valence-corrected chi connectivity index (χ3v) is 5.03. The van der Waals surface area contributed by atoms with Crippen LogP contribution in [0.3, 0.4) is 0 Å². The first kappa shape index (κ1) is 11.9. The maximum absolute atomic E-state index is 12.0. The molecule has 6 atom stereocenters. The minimum absolute atomic E-state index is 0.201. The number of carbonyl (C=O) groups excluding carboxylic acids is 2. The van der Waals surface area contributed by atoms with E-state index in [0.29, 0.717) is 12.0 Å². The van der Waals surface area contributed by atoms with Crippen molar-refractivity contribution in [3.63, 3.8) is 0 Å². The van der Waals surface area contributed by atoms with E-state index in [1.807, 2.05) is 0 Å². The summed E-state index contributed by atoms with van der Waals surface area (Å²) in [6.07, 6.45) is 4.35. The molecule has 5 heteroatoms. The van der Waals surface area contributed by atoms with Gasteiger partial charge < -0.3 is 14.2 Å². The molecule has 0 aromatic carbocycles. The molecule has 1 saturated carbocycles. The van der Waals surface area contributed by atoms with Crippen LogP contribution >= 0.6 is 0 Å². The maximum Gasteiger partial charge on any atom is 0.317 e. The zero-order chi connectivity index (χ0) is 13.0. The Bertz CT molecular complexity index is 412. The molecule has 6 unspecified atom stereocenters. The maximum atomic E-state index is 12.0. The minimum Gasteiger partial charge on any atom is -0.393 e. The van der Waals surface area contributed by atoms with E-state index in [2.05, 4.69) is 0 Å². The van der Waals surface area contributed by atoms with Crippen molar-refractivity contribution < 1.29 is 23.8 Å². The van der Waals surface area contributed by atoms with Crippen molar-refractivity contribution in [2.75, 3.05) is 13.2 Å². The predicted molar refractivity (Wildman–Crippen MR) is 63.0 cm³/mol. The van der Waals surface area contributed by atoms with Gasteiger partial charge in [-0.05, 0) is 37.5 Å². The van der Waals surface area contributed by atoms with Gasteiger partial charge in [0.05, 0.1) is 37.3 Å². The third kappa shape index (κ3) is 2.19. The fourth-order valence-corrected chi connectivity index (χ4v) is 3.91. The van der Waals surface area contributed by atoms with Crippen LogP contribution in [0.2, 0.25) is 0 Å². The smallest absolute Gasteiger partial charge is 0.317 e. The number of hydrogen-bond donors (Lipinski definition) is 0. The number of ether oxygens (including phenoxy) is 3. The summed E-state index contributed by atoms with van der Waals surface area (Å²) in [4.78, 5) is 23.7. The third-order valence-electron chi connectivity index (χ3n) is 5.03. The van der Waals surface area contributed by atoms with Gasteiger partial charge in [0.1, 0.15) is 0 Å². The molecule has 4 fully saturated rings. The molecule has 0 amide bonds. The van der Waals surface area contributed by atoms with Gasteiger partial charge in [0.15, 0.2) is 0 Å². The van der Waals surface area contributed by atoms with Crippen molar-refractivity contribution in [2.45, 2.75) is 37.9 Å². The Labute approximate surface area is 111 Å². The Kier molecular flexibility index (Phi) is 2.67. The molecule has 0 bridgehead atoms. The van der Waals surface area contributed by atoms with Crippen molar-refractivity contribution in [1.29, 1.82) is 0 Å². The zero-order valence-electron chi connectivity index (χ0n) is 10.7. The number of hydrogen-bond acceptors (Lipinski definition) is 5. The van der Waals surface area contributed by atoms with Crippen molar-refractivity contribution in [2.24, 2.45) is 23.7 Å². The van der Waals surface area contributed by atoms with Crippen molar-refractivity contribution in [3.05, 3.63) is 0 Å². The Morgan fingerprint density at radius 3 is 2.32 bits per heavy atom. The minimum atomic E-state index is -0.308. The molecule has 104 valence electrons. The summed E-state index contributed by atoms with van der Waals surface area (Å²) in [5, 5.41) is 0. The SMILES string of the molecule is O=C1OC(=O)C2C1CCC(CC1CO1)C2CC1CO1. The van der Waals surface area contributed by atoms with Gasteiger partial charge in [0.2, 0.25) is 0 Å². The van der Waals surface area contributed by atoms with Gasteiger partial charge in [-0.3, -0.25) is 9.59 Å². The summed E-state index contributed by atoms with van der Waals surface area (Å²) in [6.45, 7) is 1.64. The van der Waals surface area contributed by atoms with Gasteiger partial charge in [-0.1, -0.05) is 0 Å². The van der Waals surface area contributed by atoms with Crippen molar-refractivity contribution >= 4 is 11.9 Å². The number of fused-ring (bicyclic) bond motifs is 1. The summed E-state index contributed by atoms with van der Waals surface area (Å²) >= 11 is 0. The van der Waals surface area contributed by atoms with Gasteiger partial charge in [0.25, 0.3) is 0 Å². The lowest BCUT2D eigenvalue weighted by molar-refractivity contribution is -0.154. The molecule has 0 radical (unpaired) electrons. The van der Waals surface area contributed by atoms with E-state index in [-0.39, 0.29) is 35.8 Å². The fourth-order valence-electron chi connectivity index (χ4n) is 3.91. The van der Waals surface area contributed by atoms with Crippen LogP contribution in [-0.2, 0) is 23.8 Å². The van der Waals surface area contributed by atoms with Gasteiger partial charge in [-0.2, -0.15) is 0 Å². The molecule has 0 aromatic heterocycles. The molecule has 5 nitrogen and oxygen atoms in total. The molecule has 0 spiro atoms. The molecular weight excluding hydrogens is 248 g/mol. The highest BCUT2D eigenvalue weighted by molar-refractivity contribution is 5.96. The normalized spacial score (nSPS) is 47.8. The summed E-state index contributed by atoms with van der Waals surface area (Å²) in [6, 6.07) is 0. The highest BCUT2D eigenvalue weighted by Crippen LogP contribution is 2.48. The van der Waals surface area contributed by atoms with Gasteiger partial charge in [-0.15, -0.1) is 0 Å². The number of cyclic esters (lactones) is 2. The molecular formula is C14H18O5. The standard InChI is InChI=1S/C14H18O5/c15-13-10-2-1-7(3-8-5-17-8)11(4-9-6-18-9)12(10)14(16)19-13/h7-12H,1-6H2. The Morgan fingerprint density at radius 1 is 0.947 bits per heavy atom. The van der Waals surface area contributed by atoms with E-state index < -0.39 is 0 Å². The average Bonchev–Trinajstić information content (AvgIpc) is 3.25. The predicted octanol–water partition coefficient (Wildman–Crippen LogP) is 0.906. The van der Waals surface area contributed by atoms with Crippen LogP contribution in [-0.4, -0.2) is 37.4 Å². The fraction of sp³-hybridized carbons (Fsp3) is 0.857. The van der Waals surface area contributed by atoms with E-state index >= 15 is 0 Å². The van der Waals surface area contributed by atoms with Gasteiger partial charge in [0, 0.05) is 0 Å². The first-order valence-corrected chi connectivity index (χ1v) is 7.21. The van der Waals surface area contributed by atoms with Crippen molar-refractivity contribution in [1.82, 2.24) is 0 Å². The van der Waals surface area contributed by atoms with Gasteiger partial charge in [-0.25, -0.2) is 0 Å². The second kappa shape index (κ2) is 4.28. The lowest BCUT2D eigenvalue weighted by Crippen LogP contribution is -2.38. The molecule has 3 heterocycles. The number of rotatable bonds is 4. The molecule has 3 saturated heterocycles. The Hall–Kier alpha value is -0.940. The highest BCUT2D eigenvalue weighted by Gasteiger charge is 2.54. The topological polar surface area (TPSA) is 68.4 Å². The summed E-state index contributed by atoms with van der Waals surface area (Å²) in [5.74, 6) is -0.340. The average molecular weight is 266 g/mol. The van der Waals surface area contributed by atoms with E-state index in [9.17, 15) is 9.59 Å². The summed E-state index contributed by atoms with van der Waals surface area (Å²) in [5.41, 5.74) is 0. The lowest BCUT2D eigenvalue weighted by Gasteiger charge is -2.36. The van der Waals surface area contributed by atoms with Crippen LogP contribution in [0.4, 0.5) is 0 Å². The Balaban J connectivity index is 1.55. The number of esters is 2. The molecule has 4 aliphatic rings. The summed E-state index contributed by atoms with van der Waals surface area (Å²) in [7, 11) is 0. The molecule has 1 aliphatic carbocycles. The number of carbonyl (C=O) groups is 2. The van der Waals surface area contributed by atoms with Crippen LogP contribution in [0.5, 0.6) is 0 Å². The Morgan fingerprint density at radius 2 is 1.63 bits per heavy atom. The highest BCUT2D eigenvalue weighted by atomic mass is 16.6. The first-order valence-electron chi connectivity index (χ1n) is 7.21. The van der Waals surface area contributed by atoms with Crippen LogP contribution in [0.15, 0.2) is 0 Å². The molecule has 3 aliphatic heterocycles. The monoisotopic (exact) mass is 266 g/mol. The molecule has 0 N–H and O–H groups in total. The van der Waals surface area contributed by atoms with Crippen LogP contribution in [0, 0.1) is 23.7 Å². The van der Waals surface area contributed by atoms with Crippen LogP contribution in [0.25, 0.3) is 0 Å². The zero-order valence-corrected chi connectivity index (χ0v) is 10.7. The first-order chi connectivity index (χ1) is 9.22. The quantitative estimate of drug-likeness (QED) is 0.430. The van der Waals surface area contributed by atoms with Gasteiger partial charge >= 0.3 is 11.9 Å². The van der Waals surface area contributed by atoms with E-state index in [4.69, 9.17) is 14.2 Å². The van der Waals surface area contributed by atoms with Crippen molar-refractivity contribution in [3.8, 4) is 0 Å². The van der Waals surface area contributed by atoms with E-state index in [0.717, 1.165) is 38.9 Å². The van der Waals surface area contributed by atoms with Crippen LogP contribution in [0.1, 0.15) is 25.7 Å². The lowest BCUT2D eigenvalue weighted by atomic mass is 9.64.